The number of fused-ring (bicyclic) bond motifs is 1. The quantitative estimate of drug-likeness (QED) is 0.765. The zero-order valence-corrected chi connectivity index (χ0v) is 15.0. The Kier molecular flexibility index (Phi) is 4.67. The van der Waals surface area contributed by atoms with Gasteiger partial charge < -0.3 is 10.1 Å². The molecule has 0 aromatic heterocycles. The molecule has 2 nitrogen and oxygen atoms in total. The van der Waals surface area contributed by atoms with Gasteiger partial charge in [-0.25, -0.2) is 0 Å². The van der Waals surface area contributed by atoms with E-state index in [-0.39, 0.29) is 0 Å². The molecule has 0 spiro atoms. The van der Waals surface area contributed by atoms with Crippen LogP contribution in [0.5, 0.6) is 5.75 Å². The van der Waals surface area contributed by atoms with Crippen LogP contribution >= 0.6 is 31.9 Å². The third-order valence-electron chi connectivity index (χ3n) is 3.95. The van der Waals surface area contributed by atoms with Crippen LogP contribution in [0.1, 0.15) is 29.2 Å². The zero-order chi connectivity index (χ0) is 14.8. The highest BCUT2D eigenvalue weighted by atomic mass is 79.9. The average Bonchev–Trinajstić information content (AvgIpc) is 2.88. The Hall–Kier alpha value is -0.840. The second-order valence-electron chi connectivity index (χ2n) is 5.26. The maximum atomic E-state index is 5.34. The van der Waals surface area contributed by atoms with E-state index < -0.39 is 0 Å². The number of hydrogen-bond acceptors (Lipinski definition) is 2. The summed E-state index contributed by atoms with van der Waals surface area (Å²) in [5.41, 5.74) is 4.16. The van der Waals surface area contributed by atoms with Gasteiger partial charge in [0.2, 0.25) is 0 Å². The monoisotopic (exact) mass is 409 g/mol. The van der Waals surface area contributed by atoms with Crippen LogP contribution in [-0.2, 0) is 13.0 Å². The summed E-state index contributed by atoms with van der Waals surface area (Å²) in [5, 5.41) is 3.66. The van der Waals surface area contributed by atoms with Crippen molar-refractivity contribution in [2.45, 2.75) is 25.4 Å². The molecule has 1 aliphatic carbocycles. The van der Waals surface area contributed by atoms with E-state index >= 15 is 0 Å². The number of ether oxygens (including phenoxy) is 1. The summed E-state index contributed by atoms with van der Waals surface area (Å²) in [7, 11) is 1.68. The highest BCUT2D eigenvalue weighted by Crippen LogP contribution is 2.35. The Labute approximate surface area is 142 Å². The van der Waals surface area contributed by atoms with Crippen LogP contribution in [0, 0.1) is 0 Å². The van der Waals surface area contributed by atoms with Gasteiger partial charge in [-0.05, 0) is 73.5 Å². The van der Waals surface area contributed by atoms with Gasteiger partial charge in [0.1, 0.15) is 5.75 Å². The normalized spacial score (nSPS) is 16.8. The molecule has 0 aliphatic heterocycles. The average molecular weight is 411 g/mol. The van der Waals surface area contributed by atoms with Crippen molar-refractivity contribution in [2.24, 2.45) is 0 Å². The van der Waals surface area contributed by atoms with Gasteiger partial charge in [0.15, 0.2) is 0 Å². The van der Waals surface area contributed by atoms with Gasteiger partial charge in [0.05, 0.1) is 16.1 Å². The van der Waals surface area contributed by atoms with Gasteiger partial charge in [-0.3, -0.25) is 0 Å². The molecule has 0 saturated carbocycles. The summed E-state index contributed by atoms with van der Waals surface area (Å²) in [6.45, 7) is 0.847. The van der Waals surface area contributed by atoms with Gasteiger partial charge in [-0.15, -0.1) is 0 Å². The smallest absolute Gasteiger partial charge is 0.147 e. The first-order valence-electron chi connectivity index (χ1n) is 7.02. The maximum absolute atomic E-state index is 5.34. The Morgan fingerprint density at radius 1 is 1.19 bits per heavy atom. The van der Waals surface area contributed by atoms with E-state index in [1.165, 1.54) is 29.5 Å². The first-order valence-corrected chi connectivity index (χ1v) is 8.60. The second-order valence-corrected chi connectivity index (χ2v) is 6.97. The van der Waals surface area contributed by atoms with Crippen molar-refractivity contribution in [1.29, 1.82) is 0 Å². The van der Waals surface area contributed by atoms with E-state index in [1.807, 2.05) is 0 Å². The summed E-state index contributed by atoms with van der Waals surface area (Å²) >= 11 is 7.11. The van der Waals surface area contributed by atoms with Crippen molar-refractivity contribution in [2.75, 3.05) is 7.11 Å². The van der Waals surface area contributed by atoms with E-state index in [1.54, 1.807) is 7.11 Å². The SMILES string of the molecule is COc1c(Br)cc(CN[C@H]2CCc3ccccc32)cc1Br. The van der Waals surface area contributed by atoms with E-state index in [9.17, 15) is 0 Å². The van der Waals surface area contributed by atoms with Crippen molar-refractivity contribution < 1.29 is 4.74 Å². The van der Waals surface area contributed by atoms with Crippen molar-refractivity contribution >= 4 is 31.9 Å². The molecule has 0 saturated heterocycles. The molecule has 0 bridgehead atoms. The summed E-state index contributed by atoms with van der Waals surface area (Å²) < 4.78 is 7.29. The number of rotatable bonds is 4. The van der Waals surface area contributed by atoms with Crippen LogP contribution in [0.15, 0.2) is 45.3 Å². The first kappa shape index (κ1) is 15.1. The standard InChI is InChI=1S/C17H17Br2NO/c1-21-17-14(18)8-11(9-15(17)19)10-20-16-7-6-12-4-2-3-5-13(12)16/h2-5,8-9,16,20H,6-7,10H2,1H3/t16-/m0/s1. The molecule has 2 aromatic carbocycles. The molecule has 0 heterocycles. The molecule has 0 radical (unpaired) electrons. The fourth-order valence-electron chi connectivity index (χ4n) is 2.92. The predicted molar refractivity (Wildman–Crippen MR) is 92.7 cm³/mol. The Morgan fingerprint density at radius 3 is 2.62 bits per heavy atom. The van der Waals surface area contributed by atoms with Crippen LogP contribution in [0.25, 0.3) is 0 Å². The molecule has 3 rings (SSSR count). The highest BCUT2D eigenvalue weighted by molar-refractivity contribution is 9.11. The highest BCUT2D eigenvalue weighted by Gasteiger charge is 2.21. The van der Waals surface area contributed by atoms with Crippen LogP contribution in [0.4, 0.5) is 0 Å². The lowest BCUT2D eigenvalue weighted by Crippen LogP contribution is -2.18. The van der Waals surface area contributed by atoms with E-state index in [4.69, 9.17) is 4.74 Å². The third kappa shape index (κ3) is 3.17. The summed E-state index contributed by atoms with van der Waals surface area (Å²) in [6.07, 6.45) is 2.35. The fourth-order valence-corrected chi connectivity index (χ4v) is 4.52. The Morgan fingerprint density at radius 2 is 1.90 bits per heavy atom. The fraction of sp³-hybridized carbons (Fsp3) is 0.294. The first-order chi connectivity index (χ1) is 10.2. The zero-order valence-electron chi connectivity index (χ0n) is 11.8. The molecule has 0 amide bonds. The Balaban J connectivity index is 1.72. The summed E-state index contributed by atoms with van der Waals surface area (Å²) in [4.78, 5) is 0. The minimum absolute atomic E-state index is 0.459. The van der Waals surface area contributed by atoms with E-state index in [0.29, 0.717) is 6.04 Å². The van der Waals surface area contributed by atoms with Crippen molar-refractivity contribution in [3.63, 3.8) is 0 Å². The van der Waals surface area contributed by atoms with Crippen LogP contribution in [0.2, 0.25) is 0 Å². The number of methoxy groups -OCH3 is 1. The van der Waals surface area contributed by atoms with Crippen LogP contribution < -0.4 is 10.1 Å². The summed E-state index contributed by atoms with van der Waals surface area (Å²) in [6, 6.07) is 13.4. The topological polar surface area (TPSA) is 21.3 Å². The van der Waals surface area contributed by atoms with Gasteiger partial charge in [0, 0.05) is 12.6 Å². The lowest BCUT2D eigenvalue weighted by Gasteiger charge is -2.15. The van der Waals surface area contributed by atoms with Crippen molar-refractivity contribution in [3.05, 3.63) is 62.0 Å². The lowest BCUT2D eigenvalue weighted by molar-refractivity contribution is 0.409. The van der Waals surface area contributed by atoms with Gasteiger partial charge in [0.25, 0.3) is 0 Å². The second kappa shape index (κ2) is 6.51. The molecular weight excluding hydrogens is 394 g/mol. The molecule has 0 unspecified atom stereocenters. The van der Waals surface area contributed by atoms with E-state index in [2.05, 4.69) is 73.6 Å². The van der Waals surface area contributed by atoms with Crippen molar-refractivity contribution in [3.8, 4) is 5.75 Å². The number of nitrogens with one attached hydrogen (secondary N) is 1. The third-order valence-corrected chi connectivity index (χ3v) is 5.13. The lowest BCUT2D eigenvalue weighted by atomic mass is 10.1. The Bertz CT molecular complexity index is 634. The van der Waals surface area contributed by atoms with E-state index in [0.717, 1.165) is 21.2 Å². The van der Waals surface area contributed by atoms with Gasteiger partial charge >= 0.3 is 0 Å². The number of hydrogen-bond donors (Lipinski definition) is 1. The van der Waals surface area contributed by atoms with Crippen LogP contribution in [-0.4, -0.2) is 7.11 Å². The molecule has 2 aromatic rings. The molecule has 4 heteroatoms. The van der Waals surface area contributed by atoms with Gasteiger partial charge in [-0.1, -0.05) is 24.3 Å². The number of aryl methyl sites for hydroxylation is 1. The molecule has 0 fully saturated rings. The van der Waals surface area contributed by atoms with Crippen LogP contribution in [0.3, 0.4) is 0 Å². The molecule has 1 aliphatic rings. The molecular formula is C17H17Br2NO. The van der Waals surface area contributed by atoms with Crippen molar-refractivity contribution in [1.82, 2.24) is 5.32 Å². The molecule has 21 heavy (non-hydrogen) atoms. The minimum Gasteiger partial charge on any atom is -0.494 e. The largest absolute Gasteiger partial charge is 0.494 e. The van der Waals surface area contributed by atoms with Gasteiger partial charge in [-0.2, -0.15) is 0 Å². The molecule has 1 atom stereocenters. The molecule has 110 valence electrons. The summed E-state index contributed by atoms with van der Waals surface area (Å²) in [5.74, 6) is 0.838. The number of halogens is 2. The minimum atomic E-state index is 0.459. The predicted octanol–water partition coefficient (Wildman–Crippen LogP) is 5.00. The molecule has 1 N–H and O–H groups in total. The number of benzene rings is 2. The maximum Gasteiger partial charge on any atom is 0.147 e.